The van der Waals surface area contributed by atoms with Gasteiger partial charge in [-0.05, 0) is 18.3 Å². The molecule has 1 atom stereocenters. The summed E-state index contributed by atoms with van der Waals surface area (Å²) in [6.07, 6.45) is 12.9. The maximum Gasteiger partial charge on any atom is 0.303 e. The van der Waals surface area contributed by atoms with Gasteiger partial charge in [-0.2, -0.15) is 0 Å². The van der Waals surface area contributed by atoms with E-state index in [9.17, 15) is 4.79 Å². The van der Waals surface area contributed by atoms with Gasteiger partial charge in [-0.25, -0.2) is 0 Å². The van der Waals surface area contributed by atoms with Crippen LogP contribution in [0.4, 0.5) is 0 Å². The highest BCUT2D eigenvalue weighted by molar-refractivity contribution is 5.66. The Bertz CT molecular complexity index is 211. The Balaban J connectivity index is 3.21. The zero-order chi connectivity index (χ0) is 14.5. The smallest absolute Gasteiger partial charge is 0.303 e. The monoisotopic (exact) mass is 270 g/mol. The molecule has 0 aromatic carbocycles. The van der Waals surface area contributed by atoms with Crippen LogP contribution < -0.4 is 0 Å². The zero-order valence-corrected chi connectivity index (χ0v) is 13.3. The third-order valence-electron chi connectivity index (χ3n) is 3.82. The van der Waals surface area contributed by atoms with E-state index in [1.807, 2.05) is 0 Å². The molecule has 0 rings (SSSR count). The summed E-state index contributed by atoms with van der Waals surface area (Å²) in [4.78, 5) is 10.4. The molecule has 0 aromatic heterocycles. The average Bonchev–Trinajstić information content (AvgIpc) is 2.32. The predicted octanol–water partition coefficient (Wildman–Crippen LogP) is 5.65. The molecule has 0 amide bonds. The van der Waals surface area contributed by atoms with Gasteiger partial charge in [0.05, 0.1) is 0 Å². The first-order valence-electron chi connectivity index (χ1n) is 8.24. The average molecular weight is 270 g/mol. The first-order chi connectivity index (χ1) is 9.02. The van der Waals surface area contributed by atoms with Crippen molar-refractivity contribution in [2.45, 2.75) is 91.4 Å². The summed E-state index contributed by atoms with van der Waals surface area (Å²) in [5.74, 6) is 1.04. The predicted molar refractivity (Wildman–Crippen MR) is 82.4 cm³/mol. The molecule has 0 aromatic rings. The molecule has 114 valence electrons. The van der Waals surface area contributed by atoms with Gasteiger partial charge in [-0.3, -0.25) is 4.79 Å². The summed E-state index contributed by atoms with van der Waals surface area (Å²) >= 11 is 0. The largest absolute Gasteiger partial charge is 0.481 e. The molecule has 0 radical (unpaired) electrons. The zero-order valence-electron chi connectivity index (χ0n) is 13.3. The Kier molecular flexibility index (Phi) is 12.2. The van der Waals surface area contributed by atoms with E-state index >= 15 is 0 Å². The number of aliphatic carboxylic acids is 1. The minimum Gasteiger partial charge on any atom is -0.481 e. The molecule has 0 bridgehead atoms. The molecule has 19 heavy (non-hydrogen) atoms. The second kappa shape index (κ2) is 12.5. The number of hydrogen-bond donors (Lipinski definition) is 1. The normalized spacial score (nSPS) is 12.8. The lowest BCUT2D eigenvalue weighted by atomic mass is 9.95. The lowest BCUT2D eigenvalue weighted by molar-refractivity contribution is -0.137. The molecule has 0 saturated heterocycles. The van der Waals surface area contributed by atoms with Crippen LogP contribution >= 0.6 is 0 Å². The molecule has 2 heteroatoms. The van der Waals surface area contributed by atoms with Crippen LogP contribution in [-0.4, -0.2) is 11.1 Å². The lowest BCUT2D eigenvalue weighted by Gasteiger charge is -2.11. The Hall–Kier alpha value is -0.530. The molecule has 0 aliphatic carbocycles. The van der Waals surface area contributed by atoms with E-state index in [0.717, 1.165) is 24.7 Å². The molecule has 0 heterocycles. The van der Waals surface area contributed by atoms with Crippen molar-refractivity contribution < 1.29 is 9.90 Å². The van der Waals surface area contributed by atoms with Crippen LogP contribution in [0.5, 0.6) is 0 Å². The molecule has 0 aliphatic rings. The van der Waals surface area contributed by atoms with Gasteiger partial charge in [0, 0.05) is 6.42 Å². The van der Waals surface area contributed by atoms with Crippen molar-refractivity contribution in [1.29, 1.82) is 0 Å². The van der Waals surface area contributed by atoms with Crippen LogP contribution in [0.2, 0.25) is 0 Å². The minimum absolute atomic E-state index is 0.339. The van der Waals surface area contributed by atoms with E-state index < -0.39 is 5.97 Å². The molecular weight excluding hydrogens is 236 g/mol. The summed E-state index contributed by atoms with van der Waals surface area (Å²) in [5.41, 5.74) is 0. The van der Waals surface area contributed by atoms with Gasteiger partial charge in [0.15, 0.2) is 0 Å². The van der Waals surface area contributed by atoms with E-state index in [4.69, 9.17) is 5.11 Å². The van der Waals surface area contributed by atoms with Crippen LogP contribution in [0.1, 0.15) is 91.4 Å². The van der Waals surface area contributed by atoms with Gasteiger partial charge in [0.1, 0.15) is 0 Å². The standard InChI is InChI=1S/C17H34O2/c1-15(2)11-7-6-9-13-16(3)12-8-4-5-10-14-17(18)19/h15-16H,4-14H2,1-3H3,(H,18,19). The second-order valence-electron chi connectivity index (χ2n) is 6.48. The second-order valence-corrected chi connectivity index (χ2v) is 6.48. The van der Waals surface area contributed by atoms with Gasteiger partial charge < -0.3 is 5.11 Å². The van der Waals surface area contributed by atoms with Gasteiger partial charge in [-0.15, -0.1) is 0 Å². The molecule has 0 aliphatic heterocycles. The van der Waals surface area contributed by atoms with E-state index in [2.05, 4.69) is 20.8 Å². The van der Waals surface area contributed by atoms with Crippen molar-refractivity contribution in [1.82, 2.24) is 0 Å². The first-order valence-corrected chi connectivity index (χ1v) is 8.24. The first kappa shape index (κ1) is 18.5. The Morgan fingerprint density at radius 3 is 1.79 bits per heavy atom. The minimum atomic E-state index is -0.658. The Labute approximate surface area is 120 Å². The SMILES string of the molecule is CC(C)CCCCCC(C)CCCCCCC(=O)O. The summed E-state index contributed by atoms with van der Waals surface area (Å²) in [7, 11) is 0. The van der Waals surface area contributed by atoms with Crippen LogP contribution in [-0.2, 0) is 4.79 Å². The van der Waals surface area contributed by atoms with Crippen molar-refractivity contribution in [3.8, 4) is 0 Å². The molecule has 0 saturated carbocycles. The van der Waals surface area contributed by atoms with Crippen molar-refractivity contribution in [3.05, 3.63) is 0 Å². The summed E-state index contributed by atoms with van der Waals surface area (Å²) in [6.45, 7) is 6.96. The molecule has 1 unspecified atom stereocenters. The van der Waals surface area contributed by atoms with Crippen LogP contribution in [0.25, 0.3) is 0 Å². The van der Waals surface area contributed by atoms with Crippen molar-refractivity contribution in [3.63, 3.8) is 0 Å². The highest BCUT2D eigenvalue weighted by Gasteiger charge is 2.03. The van der Waals surface area contributed by atoms with Gasteiger partial charge >= 0.3 is 5.97 Å². The van der Waals surface area contributed by atoms with E-state index in [-0.39, 0.29) is 0 Å². The van der Waals surface area contributed by atoms with E-state index in [0.29, 0.717) is 6.42 Å². The number of rotatable bonds is 13. The summed E-state index contributed by atoms with van der Waals surface area (Å²) < 4.78 is 0. The highest BCUT2D eigenvalue weighted by Crippen LogP contribution is 2.18. The van der Waals surface area contributed by atoms with E-state index in [1.54, 1.807) is 0 Å². The fraction of sp³-hybridized carbons (Fsp3) is 0.941. The topological polar surface area (TPSA) is 37.3 Å². The van der Waals surface area contributed by atoms with E-state index in [1.165, 1.54) is 51.4 Å². The van der Waals surface area contributed by atoms with Gasteiger partial charge in [-0.1, -0.05) is 78.6 Å². The number of carboxylic acids is 1. The molecule has 2 nitrogen and oxygen atoms in total. The van der Waals surface area contributed by atoms with Crippen molar-refractivity contribution in [2.24, 2.45) is 11.8 Å². The number of unbranched alkanes of at least 4 members (excludes halogenated alkanes) is 5. The van der Waals surface area contributed by atoms with Crippen LogP contribution in [0.3, 0.4) is 0 Å². The molecule has 0 spiro atoms. The molecular formula is C17H34O2. The number of carboxylic acid groups (broad SMARTS) is 1. The lowest BCUT2D eigenvalue weighted by Crippen LogP contribution is -1.96. The van der Waals surface area contributed by atoms with Crippen LogP contribution in [0, 0.1) is 11.8 Å². The Morgan fingerprint density at radius 1 is 0.789 bits per heavy atom. The fourth-order valence-corrected chi connectivity index (χ4v) is 2.49. The Morgan fingerprint density at radius 2 is 1.26 bits per heavy atom. The van der Waals surface area contributed by atoms with Gasteiger partial charge in [0.25, 0.3) is 0 Å². The third-order valence-corrected chi connectivity index (χ3v) is 3.82. The molecule has 1 N–H and O–H groups in total. The van der Waals surface area contributed by atoms with Crippen molar-refractivity contribution >= 4 is 5.97 Å². The third kappa shape index (κ3) is 15.4. The summed E-state index contributed by atoms with van der Waals surface area (Å²) in [6, 6.07) is 0. The number of carbonyl (C=O) groups is 1. The maximum absolute atomic E-state index is 10.4. The number of hydrogen-bond acceptors (Lipinski definition) is 1. The van der Waals surface area contributed by atoms with Gasteiger partial charge in [0.2, 0.25) is 0 Å². The highest BCUT2D eigenvalue weighted by atomic mass is 16.4. The fourth-order valence-electron chi connectivity index (χ4n) is 2.49. The molecule has 0 fully saturated rings. The quantitative estimate of drug-likeness (QED) is 0.439. The van der Waals surface area contributed by atoms with Crippen LogP contribution in [0.15, 0.2) is 0 Å². The summed E-state index contributed by atoms with van der Waals surface area (Å²) in [5, 5.41) is 8.53. The maximum atomic E-state index is 10.4. The van der Waals surface area contributed by atoms with Crippen molar-refractivity contribution in [2.75, 3.05) is 0 Å².